The molecule has 4 bridgehead atoms. The van der Waals surface area contributed by atoms with Crippen LogP contribution in [-0.2, 0) is 16.1 Å². The van der Waals surface area contributed by atoms with Crippen LogP contribution in [0.2, 0.25) is 0 Å². The average Bonchev–Trinajstić information content (AvgIpc) is 3.00. The number of hydrogen-bond acceptors (Lipinski definition) is 7. The molecule has 4 saturated carbocycles. The molecule has 0 spiro atoms. The van der Waals surface area contributed by atoms with Gasteiger partial charge in [-0.3, -0.25) is 0 Å². The predicted octanol–water partition coefficient (Wildman–Crippen LogP) is 6.40. The van der Waals surface area contributed by atoms with Gasteiger partial charge in [-0.15, -0.1) is 0 Å². The highest BCUT2D eigenvalue weighted by atomic mass is 32.2. The first-order valence-electron chi connectivity index (χ1n) is 15.1. The van der Waals surface area contributed by atoms with Gasteiger partial charge in [0.1, 0.15) is 0 Å². The van der Waals surface area contributed by atoms with Crippen LogP contribution in [0.25, 0.3) is 0 Å². The Labute approximate surface area is 251 Å². The van der Waals surface area contributed by atoms with Gasteiger partial charge >= 0.3 is 6.03 Å². The first-order chi connectivity index (χ1) is 20.5. The molecular weight excluding hydrogens is 548 g/mol. The number of aromatic nitrogens is 2. The number of thioether (sulfide) groups is 1. The van der Waals surface area contributed by atoms with Crippen LogP contribution in [0.4, 0.5) is 10.5 Å². The molecule has 3 N–H and O–H groups in total. The molecule has 8 nitrogen and oxygen atoms in total. The molecule has 8 rings (SSSR count). The Balaban J connectivity index is 1.02. The molecule has 2 aromatic carbocycles. The highest BCUT2D eigenvalue weighted by Gasteiger charge is 2.51. The Morgan fingerprint density at radius 1 is 0.881 bits per heavy atom. The van der Waals surface area contributed by atoms with Crippen LogP contribution in [0.3, 0.4) is 0 Å². The molecule has 1 aliphatic heterocycles. The maximum Gasteiger partial charge on any atom is 0.319 e. The molecule has 1 saturated heterocycles. The van der Waals surface area contributed by atoms with E-state index in [9.17, 15) is 9.90 Å². The molecule has 0 radical (unpaired) electrons. The van der Waals surface area contributed by atoms with Crippen LogP contribution in [0.1, 0.15) is 74.0 Å². The number of aliphatic hydroxyl groups excluding tert-OH is 1. The monoisotopic (exact) mass is 586 g/mol. The van der Waals surface area contributed by atoms with E-state index >= 15 is 0 Å². The van der Waals surface area contributed by atoms with Crippen LogP contribution < -0.4 is 10.6 Å². The minimum absolute atomic E-state index is 0.00876. The second-order valence-corrected chi connectivity index (χ2v) is 13.6. The number of urea groups is 1. The summed E-state index contributed by atoms with van der Waals surface area (Å²) >= 11 is 1.57. The third kappa shape index (κ3) is 6.20. The molecule has 3 aromatic rings. The van der Waals surface area contributed by atoms with E-state index < -0.39 is 6.29 Å². The van der Waals surface area contributed by atoms with Gasteiger partial charge in [-0.05, 0) is 85.6 Å². The summed E-state index contributed by atoms with van der Waals surface area (Å²) in [6.45, 7) is 0.00876. The van der Waals surface area contributed by atoms with Crippen molar-refractivity contribution >= 4 is 23.5 Å². The number of nitrogens with one attached hydrogen (secondary N) is 2. The third-order valence-corrected chi connectivity index (χ3v) is 10.4. The number of aliphatic hydroxyl groups is 1. The van der Waals surface area contributed by atoms with E-state index in [1.165, 1.54) is 19.3 Å². The maximum absolute atomic E-state index is 13.1. The van der Waals surface area contributed by atoms with Crippen molar-refractivity contribution < 1.29 is 19.4 Å². The van der Waals surface area contributed by atoms with E-state index in [-0.39, 0.29) is 30.4 Å². The molecule has 42 heavy (non-hydrogen) atoms. The number of benzene rings is 2. The molecule has 5 fully saturated rings. The van der Waals surface area contributed by atoms with Gasteiger partial charge in [0.25, 0.3) is 0 Å². The number of rotatable bonds is 8. The van der Waals surface area contributed by atoms with Crippen molar-refractivity contribution in [1.82, 2.24) is 15.3 Å². The highest BCUT2D eigenvalue weighted by Crippen LogP contribution is 2.55. The van der Waals surface area contributed by atoms with Crippen molar-refractivity contribution in [3.05, 3.63) is 83.7 Å². The first kappa shape index (κ1) is 27.8. The molecule has 3 atom stereocenters. The van der Waals surface area contributed by atoms with E-state index in [1.807, 2.05) is 54.6 Å². The zero-order valence-corrected chi connectivity index (χ0v) is 24.5. The van der Waals surface area contributed by atoms with Crippen molar-refractivity contribution in [1.29, 1.82) is 0 Å². The summed E-state index contributed by atoms with van der Waals surface area (Å²) in [7, 11) is 0. The predicted molar refractivity (Wildman–Crippen MR) is 161 cm³/mol. The number of carbonyl (C=O) groups excluding carboxylic acids is 1. The lowest BCUT2D eigenvalue weighted by Gasteiger charge is -2.56. The highest BCUT2D eigenvalue weighted by molar-refractivity contribution is 7.99. The lowest BCUT2D eigenvalue weighted by atomic mass is 9.53. The zero-order chi connectivity index (χ0) is 28.5. The number of ether oxygens (including phenoxy) is 2. The van der Waals surface area contributed by atoms with Gasteiger partial charge < -0.3 is 25.2 Å². The quantitative estimate of drug-likeness (QED) is 0.207. The van der Waals surface area contributed by atoms with Crippen molar-refractivity contribution in [2.45, 2.75) is 80.7 Å². The summed E-state index contributed by atoms with van der Waals surface area (Å²) in [6, 6.07) is 17.4. The van der Waals surface area contributed by atoms with Gasteiger partial charge in [0.15, 0.2) is 11.4 Å². The number of amides is 2. The topological polar surface area (TPSA) is 106 Å². The lowest BCUT2D eigenvalue weighted by Crippen LogP contribution is -2.60. The van der Waals surface area contributed by atoms with Crippen molar-refractivity contribution in [3.63, 3.8) is 0 Å². The summed E-state index contributed by atoms with van der Waals surface area (Å²) in [5.74, 6) is 3.04. The Bertz CT molecular complexity index is 1340. The summed E-state index contributed by atoms with van der Waals surface area (Å²) in [4.78, 5) is 21.7. The van der Waals surface area contributed by atoms with Crippen molar-refractivity contribution in [3.8, 4) is 0 Å². The Morgan fingerprint density at radius 3 is 2.17 bits per heavy atom. The normalized spacial score (nSPS) is 31.5. The fraction of sp³-hybridized carbons (Fsp3) is 0.485. The molecule has 2 amide bonds. The van der Waals surface area contributed by atoms with Gasteiger partial charge in [0.05, 0.1) is 18.8 Å². The molecule has 1 aromatic heterocycles. The number of hydrogen-bond donors (Lipinski definition) is 3. The van der Waals surface area contributed by atoms with E-state index in [0.29, 0.717) is 12.2 Å². The molecule has 2 heterocycles. The molecule has 220 valence electrons. The molecular formula is C33H38N4O4S. The second kappa shape index (κ2) is 12.0. The fourth-order valence-electron chi connectivity index (χ4n) is 7.94. The largest absolute Gasteiger partial charge is 0.392 e. The standard InChI is InChI=1S/C33H38N4O4S/c38-19-21-2-4-25(5-3-21)29-15-28(20-42-32-34-10-1-11-35-32)40-30(41-29)26-6-8-27(9-7-26)36-31(39)37-33-16-22-12-23(17-33)14-24(13-22)18-33/h1-11,22-24,28-30,38H,12-20H2,(H2,36,37,39)/t22?,23?,24?,28-,29+,30+,33?/m0/s1. The van der Waals surface area contributed by atoms with Crippen molar-refractivity contribution in [2.75, 3.05) is 11.1 Å². The summed E-state index contributed by atoms with van der Waals surface area (Å²) in [5, 5.41) is 16.6. The molecule has 5 aliphatic rings. The molecule has 0 unspecified atom stereocenters. The summed E-state index contributed by atoms with van der Waals surface area (Å²) < 4.78 is 12.9. The second-order valence-electron chi connectivity index (χ2n) is 12.6. The Kier molecular flexibility index (Phi) is 7.92. The number of nitrogens with zero attached hydrogens (tertiary/aromatic N) is 2. The van der Waals surface area contributed by atoms with E-state index in [2.05, 4.69) is 20.6 Å². The van der Waals surface area contributed by atoms with Crippen molar-refractivity contribution in [2.24, 2.45) is 17.8 Å². The van der Waals surface area contributed by atoms with E-state index in [1.54, 1.807) is 24.2 Å². The van der Waals surface area contributed by atoms with E-state index in [4.69, 9.17) is 9.47 Å². The van der Waals surface area contributed by atoms with Crippen LogP contribution >= 0.6 is 11.8 Å². The first-order valence-corrected chi connectivity index (χ1v) is 16.1. The van der Waals surface area contributed by atoms with E-state index in [0.717, 1.165) is 64.6 Å². The Hall–Kier alpha value is -2.98. The van der Waals surface area contributed by atoms with Crippen LogP contribution in [-0.4, -0.2) is 38.5 Å². The smallest absolute Gasteiger partial charge is 0.319 e. The minimum Gasteiger partial charge on any atom is -0.392 e. The van der Waals surface area contributed by atoms with Gasteiger partial charge in [-0.2, -0.15) is 0 Å². The molecule has 9 heteroatoms. The van der Waals surface area contributed by atoms with Crippen LogP contribution in [0, 0.1) is 17.8 Å². The maximum atomic E-state index is 13.1. The lowest BCUT2D eigenvalue weighted by molar-refractivity contribution is -0.245. The minimum atomic E-state index is -0.557. The summed E-state index contributed by atoms with van der Waals surface area (Å²) in [6.07, 6.45) is 10.8. The van der Waals surface area contributed by atoms with Gasteiger partial charge in [0, 0.05) is 41.4 Å². The molecule has 4 aliphatic carbocycles. The Morgan fingerprint density at radius 2 is 1.52 bits per heavy atom. The number of anilines is 1. The van der Waals surface area contributed by atoms with Gasteiger partial charge in [-0.1, -0.05) is 48.2 Å². The SMILES string of the molecule is O=C(Nc1ccc([C@@H]2O[C@H](CSc3ncccn3)C[C@H](c3ccc(CO)cc3)O2)cc1)NC12CC3CC(CC(C3)C1)C2. The van der Waals surface area contributed by atoms with Crippen LogP contribution in [0.5, 0.6) is 0 Å². The van der Waals surface area contributed by atoms with Gasteiger partial charge in [-0.25, -0.2) is 14.8 Å². The summed E-state index contributed by atoms with van der Waals surface area (Å²) in [5.41, 5.74) is 3.54. The third-order valence-electron chi connectivity index (χ3n) is 9.41. The van der Waals surface area contributed by atoms with Crippen LogP contribution in [0.15, 0.2) is 72.1 Å². The van der Waals surface area contributed by atoms with Gasteiger partial charge in [0.2, 0.25) is 0 Å². The average molecular weight is 587 g/mol. The number of carbonyl (C=O) groups is 1. The fourth-order valence-corrected chi connectivity index (χ4v) is 8.76. The zero-order valence-electron chi connectivity index (χ0n) is 23.7.